The van der Waals surface area contributed by atoms with Crippen molar-refractivity contribution >= 4 is 11.8 Å². The highest BCUT2D eigenvalue weighted by molar-refractivity contribution is 7.99. The summed E-state index contributed by atoms with van der Waals surface area (Å²) >= 11 is 2.03. The molecule has 110 valence electrons. The van der Waals surface area contributed by atoms with Crippen molar-refractivity contribution in [3.8, 4) is 0 Å². The first-order valence-corrected chi connectivity index (χ1v) is 8.78. The van der Waals surface area contributed by atoms with Crippen LogP contribution in [0.5, 0.6) is 0 Å². The second-order valence-electron chi connectivity index (χ2n) is 6.80. The van der Waals surface area contributed by atoms with Crippen LogP contribution in [-0.4, -0.2) is 41.9 Å². The molecule has 0 bridgehead atoms. The van der Waals surface area contributed by atoms with E-state index in [4.69, 9.17) is 0 Å². The molecule has 0 radical (unpaired) electrons. The van der Waals surface area contributed by atoms with Gasteiger partial charge in [0.15, 0.2) is 0 Å². The lowest BCUT2D eigenvalue weighted by molar-refractivity contribution is 0.0884. The molecule has 1 saturated heterocycles. The molecule has 20 heavy (non-hydrogen) atoms. The first kappa shape index (κ1) is 14.4. The third kappa shape index (κ3) is 2.90. The Bertz CT molecular complexity index is 472. The van der Waals surface area contributed by atoms with Crippen molar-refractivity contribution in [1.82, 2.24) is 10.2 Å². The average molecular weight is 290 g/mol. The summed E-state index contributed by atoms with van der Waals surface area (Å²) in [6.45, 7) is 10.5. The normalized spacial score (nSPS) is 29.4. The third-order valence-corrected chi connectivity index (χ3v) is 5.91. The van der Waals surface area contributed by atoms with Crippen LogP contribution >= 0.6 is 11.8 Å². The fourth-order valence-electron chi connectivity index (χ4n) is 3.50. The number of nitrogens with one attached hydrogen (secondary N) is 1. The number of hydrogen-bond donors (Lipinski definition) is 1. The zero-order valence-corrected chi connectivity index (χ0v) is 13.7. The predicted molar refractivity (Wildman–Crippen MR) is 87.6 cm³/mol. The lowest BCUT2D eigenvalue weighted by atomic mass is 9.94. The monoisotopic (exact) mass is 290 g/mol. The zero-order valence-electron chi connectivity index (χ0n) is 12.9. The molecule has 1 aromatic carbocycles. The minimum absolute atomic E-state index is 0.247. The number of fused-ring (bicyclic) bond motifs is 1. The van der Waals surface area contributed by atoms with Crippen LogP contribution in [0, 0.1) is 0 Å². The van der Waals surface area contributed by atoms with Gasteiger partial charge in [0.25, 0.3) is 0 Å². The van der Waals surface area contributed by atoms with Gasteiger partial charge in [-0.05, 0) is 31.9 Å². The smallest absolute Gasteiger partial charge is 0.0252 e. The van der Waals surface area contributed by atoms with E-state index in [0.717, 1.165) is 13.1 Å². The van der Waals surface area contributed by atoms with Crippen LogP contribution in [0.4, 0.5) is 0 Å². The summed E-state index contributed by atoms with van der Waals surface area (Å²) in [6, 6.07) is 9.65. The van der Waals surface area contributed by atoms with Crippen molar-refractivity contribution < 1.29 is 0 Å². The van der Waals surface area contributed by atoms with Gasteiger partial charge in [-0.15, -0.1) is 11.8 Å². The van der Waals surface area contributed by atoms with Crippen molar-refractivity contribution in [2.45, 2.75) is 49.6 Å². The van der Waals surface area contributed by atoms with Crippen LogP contribution in [-0.2, 0) is 0 Å². The molecule has 0 aliphatic carbocycles. The van der Waals surface area contributed by atoms with Crippen LogP contribution < -0.4 is 5.32 Å². The Balaban J connectivity index is 1.73. The van der Waals surface area contributed by atoms with Gasteiger partial charge in [-0.3, -0.25) is 4.90 Å². The number of rotatable bonds is 3. The molecule has 0 amide bonds. The van der Waals surface area contributed by atoms with E-state index in [1.807, 2.05) is 11.8 Å². The minimum atomic E-state index is 0.247. The van der Waals surface area contributed by atoms with Gasteiger partial charge in [0.05, 0.1) is 0 Å². The molecular weight excluding hydrogens is 264 g/mol. The third-order valence-electron chi connectivity index (χ3n) is 4.66. The molecule has 1 aromatic rings. The molecular formula is C17H26N2S. The van der Waals surface area contributed by atoms with Gasteiger partial charge in [-0.25, -0.2) is 0 Å². The van der Waals surface area contributed by atoms with Gasteiger partial charge in [0.2, 0.25) is 0 Å². The summed E-state index contributed by atoms with van der Waals surface area (Å²) in [5.74, 6) is 1.96. The number of benzene rings is 1. The largest absolute Gasteiger partial charge is 0.309 e. The summed E-state index contributed by atoms with van der Waals surface area (Å²) in [5.41, 5.74) is 1.82. The second kappa shape index (κ2) is 5.70. The van der Waals surface area contributed by atoms with E-state index in [1.54, 1.807) is 5.56 Å². The van der Waals surface area contributed by atoms with Crippen LogP contribution in [0.1, 0.15) is 38.7 Å². The van der Waals surface area contributed by atoms with Gasteiger partial charge in [0.1, 0.15) is 0 Å². The molecule has 2 heterocycles. The number of nitrogens with zero attached hydrogens (tertiary/aromatic N) is 1. The quantitative estimate of drug-likeness (QED) is 0.919. The molecule has 2 aliphatic heterocycles. The summed E-state index contributed by atoms with van der Waals surface area (Å²) in [7, 11) is 0. The molecule has 3 heteroatoms. The lowest BCUT2D eigenvalue weighted by Crippen LogP contribution is -2.61. The van der Waals surface area contributed by atoms with Crippen LogP contribution in [0.2, 0.25) is 0 Å². The first-order chi connectivity index (χ1) is 9.59. The number of piperazine rings is 1. The molecule has 3 rings (SSSR count). The second-order valence-corrected chi connectivity index (χ2v) is 7.86. The Kier molecular flexibility index (Phi) is 4.11. The number of hydrogen-bond acceptors (Lipinski definition) is 3. The average Bonchev–Trinajstić information content (AvgIpc) is 2.82. The van der Waals surface area contributed by atoms with Crippen molar-refractivity contribution in [2.24, 2.45) is 0 Å². The van der Waals surface area contributed by atoms with E-state index in [9.17, 15) is 0 Å². The van der Waals surface area contributed by atoms with Crippen molar-refractivity contribution in [3.63, 3.8) is 0 Å². The fraction of sp³-hybridized carbons (Fsp3) is 0.647. The Morgan fingerprint density at radius 1 is 1.35 bits per heavy atom. The highest BCUT2D eigenvalue weighted by Crippen LogP contribution is 2.40. The molecule has 2 nitrogen and oxygen atoms in total. The SMILES string of the molecule is CCC1CNC(C)(C)CN1CC1CSc2ccccc21. The Morgan fingerprint density at radius 3 is 2.95 bits per heavy atom. The van der Waals surface area contributed by atoms with Gasteiger partial charge < -0.3 is 5.32 Å². The van der Waals surface area contributed by atoms with Gasteiger partial charge in [-0.2, -0.15) is 0 Å². The van der Waals surface area contributed by atoms with E-state index in [-0.39, 0.29) is 5.54 Å². The van der Waals surface area contributed by atoms with Gasteiger partial charge in [-0.1, -0.05) is 25.1 Å². The summed E-state index contributed by atoms with van der Waals surface area (Å²) in [4.78, 5) is 4.23. The lowest BCUT2D eigenvalue weighted by Gasteiger charge is -2.45. The Hall–Kier alpha value is -0.510. The van der Waals surface area contributed by atoms with E-state index in [1.165, 1.54) is 23.6 Å². The highest BCUT2D eigenvalue weighted by atomic mass is 32.2. The number of thioether (sulfide) groups is 1. The molecule has 2 atom stereocenters. The molecule has 2 unspecified atom stereocenters. The maximum Gasteiger partial charge on any atom is 0.0252 e. The summed E-state index contributed by atoms with van der Waals surface area (Å²) in [5, 5.41) is 3.69. The Morgan fingerprint density at radius 2 is 2.15 bits per heavy atom. The molecule has 0 spiro atoms. The van der Waals surface area contributed by atoms with Crippen molar-refractivity contribution in [3.05, 3.63) is 29.8 Å². The van der Waals surface area contributed by atoms with E-state index in [0.29, 0.717) is 12.0 Å². The fourth-order valence-corrected chi connectivity index (χ4v) is 4.74. The van der Waals surface area contributed by atoms with Crippen LogP contribution in [0.3, 0.4) is 0 Å². The predicted octanol–water partition coefficient (Wildman–Crippen LogP) is 3.34. The maximum atomic E-state index is 3.69. The van der Waals surface area contributed by atoms with E-state index in [2.05, 4.69) is 55.3 Å². The highest BCUT2D eigenvalue weighted by Gasteiger charge is 2.34. The zero-order chi connectivity index (χ0) is 14.2. The minimum Gasteiger partial charge on any atom is -0.309 e. The summed E-state index contributed by atoms with van der Waals surface area (Å²) < 4.78 is 0. The van der Waals surface area contributed by atoms with Gasteiger partial charge >= 0.3 is 0 Å². The molecule has 1 fully saturated rings. The topological polar surface area (TPSA) is 15.3 Å². The molecule has 0 aromatic heterocycles. The molecule has 2 aliphatic rings. The Labute approximate surface area is 127 Å². The molecule has 0 saturated carbocycles. The van der Waals surface area contributed by atoms with Gasteiger partial charge in [0, 0.05) is 47.8 Å². The summed E-state index contributed by atoms with van der Waals surface area (Å²) in [6.07, 6.45) is 1.24. The van der Waals surface area contributed by atoms with Crippen molar-refractivity contribution in [1.29, 1.82) is 0 Å². The molecule has 1 N–H and O–H groups in total. The van der Waals surface area contributed by atoms with E-state index < -0.39 is 0 Å². The van der Waals surface area contributed by atoms with Crippen molar-refractivity contribution in [2.75, 3.05) is 25.4 Å². The standard InChI is InChI=1S/C17H26N2S/c1-4-14-9-18-17(2,3)12-19(14)10-13-11-20-16-8-6-5-7-15(13)16/h5-8,13-14,18H,4,9-12H2,1-3H3. The first-order valence-electron chi connectivity index (χ1n) is 7.80. The maximum absolute atomic E-state index is 3.69. The van der Waals surface area contributed by atoms with Crippen LogP contribution in [0.15, 0.2) is 29.2 Å². The van der Waals surface area contributed by atoms with E-state index >= 15 is 0 Å². The van der Waals surface area contributed by atoms with Crippen LogP contribution in [0.25, 0.3) is 0 Å².